The Balaban J connectivity index is 1.97. The Morgan fingerprint density at radius 3 is 2.46 bits per heavy atom. The summed E-state index contributed by atoms with van der Waals surface area (Å²) in [7, 11) is 0. The van der Waals surface area contributed by atoms with Crippen LogP contribution in [0.1, 0.15) is 47.9 Å². The van der Waals surface area contributed by atoms with Gasteiger partial charge in [0.1, 0.15) is 0 Å². The molecule has 0 atom stereocenters. The smallest absolute Gasteiger partial charge is 0.338 e. The maximum absolute atomic E-state index is 12.4. The monoisotopic (exact) mass is 355 g/mol. The molecular weight excluding hydrogens is 330 g/mol. The molecule has 6 nitrogen and oxygen atoms in total. The van der Waals surface area contributed by atoms with Gasteiger partial charge in [-0.3, -0.25) is 9.78 Å². The molecule has 2 rings (SSSR count). The number of aromatic nitrogens is 1. The molecule has 0 saturated carbocycles. The van der Waals surface area contributed by atoms with Gasteiger partial charge in [-0.2, -0.15) is 0 Å². The summed E-state index contributed by atoms with van der Waals surface area (Å²) in [5.74, 6) is -0.0248. The lowest BCUT2D eigenvalue weighted by molar-refractivity contribution is 0.0526. The fourth-order valence-electron chi connectivity index (χ4n) is 2.27. The molecule has 6 heteroatoms. The van der Waals surface area contributed by atoms with Crippen molar-refractivity contribution in [3.05, 3.63) is 53.9 Å². The average molecular weight is 355 g/mol. The maximum atomic E-state index is 12.4. The van der Waals surface area contributed by atoms with Gasteiger partial charge in [-0.05, 0) is 49.6 Å². The molecule has 2 aromatic rings. The fourth-order valence-corrected chi connectivity index (χ4v) is 2.27. The second-order valence-electron chi connectivity index (χ2n) is 6.32. The van der Waals surface area contributed by atoms with Crippen LogP contribution in [0.15, 0.2) is 42.7 Å². The van der Waals surface area contributed by atoms with E-state index in [-0.39, 0.29) is 11.9 Å². The second-order valence-corrected chi connectivity index (χ2v) is 6.32. The van der Waals surface area contributed by atoms with Crippen molar-refractivity contribution >= 4 is 23.3 Å². The van der Waals surface area contributed by atoms with E-state index in [0.29, 0.717) is 29.3 Å². The van der Waals surface area contributed by atoms with Crippen molar-refractivity contribution < 1.29 is 14.3 Å². The summed E-state index contributed by atoms with van der Waals surface area (Å²) in [5.41, 5.74) is 2.33. The third-order valence-electron chi connectivity index (χ3n) is 3.71. The van der Waals surface area contributed by atoms with Crippen molar-refractivity contribution in [2.75, 3.05) is 23.8 Å². The summed E-state index contributed by atoms with van der Waals surface area (Å²) in [6.07, 6.45) is 4.27. The highest BCUT2D eigenvalue weighted by molar-refractivity contribution is 6.04. The quantitative estimate of drug-likeness (QED) is 0.700. The van der Waals surface area contributed by atoms with E-state index in [2.05, 4.69) is 29.5 Å². The van der Waals surface area contributed by atoms with E-state index in [1.54, 1.807) is 43.5 Å². The zero-order valence-corrected chi connectivity index (χ0v) is 15.4. The standard InChI is InChI=1S/C20H25N3O3/c1-4-26-20(25)15-5-7-17(8-6-15)23-19(24)16-11-18(13-21-12-16)22-10-9-14(2)3/h5-8,11-14,22H,4,9-10H2,1-3H3,(H,23,24). The van der Waals surface area contributed by atoms with Crippen molar-refractivity contribution in [3.8, 4) is 0 Å². The Bertz CT molecular complexity index is 742. The third-order valence-corrected chi connectivity index (χ3v) is 3.71. The van der Waals surface area contributed by atoms with Gasteiger partial charge in [0.2, 0.25) is 0 Å². The maximum Gasteiger partial charge on any atom is 0.338 e. The SMILES string of the molecule is CCOC(=O)c1ccc(NC(=O)c2cncc(NCCC(C)C)c2)cc1. The summed E-state index contributed by atoms with van der Waals surface area (Å²) < 4.78 is 4.94. The summed E-state index contributed by atoms with van der Waals surface area (Å²) in [6, 6.07) is 8.35. The summed E-state index contributed by atoms with van der Waals surface area (Å²) >= 11 is 0. The first-order valence-corrected chi connectivity index (χ1v) is 8.77. The number of amides is 1. The first-order chi connectivity index (χ1) is 12.5. The number of rotatable bonds is 8. The third kappa shape index (κ3) is 5.88. The van der Waals surface area contributed by atoms with Crippen LogP contribution in [0.5, 0.6) is 0 Å². The van der Waals surface area contributed by atoms with Crippen LogP contribution < -0.4 is 10.6 Å². The van der Waals surface area contributed by atoms with Crippen LogP contribution in [-0.2, 0) is 4.74 Å². The van der Waals surface area contributed by atoms with E-state index in [4.69, 9.17) is 4.74 Å². The highest BCUT2D eigenvalue weighted by Gasteiger charge is 2.10. The van der Waals surface area contributed by atoms with Crippen LogP contribution in [0.2, 0.25) is 0 Å². The summed E-state index contributed by atoms with van der Waals surface area (Å²) in [4.78, 5) is 28.2. The molecule has 0 fully saturated rings. The van der Waals surface area contributed by atoms with Gasteiger partial charge in [0.15, 0.2) is 0 Å². The topological polar surface area (TPSA) is 80.3 Å². The van der Waals surface area contributed by atoms with Gasteiger partial charge in [0.25, 0.3) is 5.91 Å². The lowest BCUT2D eigenvalue weighted by atomic mass is 10.1. The summed E-state index contributed by atoms with van der Waals surface area (Å²) in [6.45, 7) is 7.24. The highest BCUT2D eigenvalue weighted by Crippen LogP contribution is 2.14. The largest absolute Gasteiger partial charge is 0.462 e. The molecule has 2 N–H and O–H groups in total. The number of esters is 1. The predicted molar refractivity (Wildman–Crippen MR) is 103 cm³/mol. The molecule has 0 radical (unpaired) electrons. The van der Waals surface area contributed by atoms with E-state index in [9.17, 15) is 9.59 Å². The van der Waals surface area contributed by atoms with Crippen LogP contribution in [0.4, 0.5) is 11.4 Å². The molecule has 0 bridgehead atoms. The Morgan fingerprint density at radius 1 is 1.08 bits per heavy atom. The first kappa shape index (κ1) is 19.4. The first-order valence-electron chi connectivity index (χ1n) is 8.77. The lowest BCUT2D eigenvalue weighted by Gasteiger charge is -2.10. The van der Waals surface area contributed by atoms with Gasteiger partial charge in [-0.1, -0.05) is 13.8 Å². The molecule has 1 heterocycles. The molecule has 0 saturated heterocycles. The number of anilines is 2. The second kappa shape index (κ2) is 9.56. The number of hydrogen-bond acceptors (Lipinski definition) is 5. The molecular formula is C20H25N3O3. The van der Waals surface area contributed by atoms with Gasteiger partial charge < -0.3 is 15.4 Å². The number of pyridine rings is 1. The average Bonchev–Trinajstić information content (AvgIpc) is 2.62. The van der Waals surface area contributed by atoms with Crippen molar-refractivity contribution in [3.63, 3.8) is 0 Å². The Morgan fingerprint density at radius 2 is 1.81 bits per heavy atom. The van der Waals surface area contributed by atoms with Gasteiger partial charge >= 0.3 is 5.97 Å². The number of nitrogens with zero attached hydrogens (tertiary/aromatic N) is 1. The van der Waals surface area contributed by atoms with Crippen LogP contribution in [0.25, 0.3) is 0 Å². The number of ether oxygens (including phenoxy) is 1. The lowest BCUT2D eigenvalue weighted by Crippen LogP contribution is -2.13. The normalized spacial score (nSPS) is 10.5. The molecule has 1 amide bonds. The van der Waals surface area contributed by atoms with E-state index in [0.717, 1.165) is 18.7 Å². The van der Waals surface area contributed by atoms with Crippen LogP contribution in [-0.4, -0.2) is 30.0 Å². The van der Waals surface area contributed by atoms with Gasteiger partial charge in [-0.15, -0.1) is 0 Å². The van der Waals surface area contributed by atoms with E-state index < -0.39 is 0 Å². The molecule has 1 aromatic heterocycles. The number of hydrogen-bond donors (Lipinski definition) is 2. The van der Waals surface area contributed by atoms with Crippen molar-refractivity contribution in [2.45, 2.75) is 27.2 Å². The van der Waals surface area contributed by atoms with Gasteiger partial charge in [-0.25, -0.2) is 4.79 Å². The number of benzene rings is 1. The number of nitrogens with one attached hydrogen (secondary N) is 2. The minimum Gasteiger partial charge on any atom is -0.462 e. The van der Waals surface area contributed by atoms with Crippen molar-refractivity contribution in [1.82, 2.24) is 4.98 Å². The molecule has 0 aliphatic carbocycles. The molecule has 0 aliphatic heterocycles. The minimum atomic E-state index is -0.380. The van der Waals surface area contributed by atoms with Crippen molar-refractivity contribution in [1.29, 1.82) is 0 Å². The van der Waals surface area contributed by atoms with E-state index in [1.165, 1.54) is 6.20 Å². The number of carbonyl (C=O) groups excluding carboxylic acids is 2. The summed E-state index contributed by atoms with van der Waals surface area (Å²) in [5, 5.41) is 6.07. The van der Waals surface area contributed by atoms with Crippen LogP contribution >= 0.6 is 0 Å². The molecule has 138 valence electrons. The van der Waals surface area contributed by atoms with Crippen LogP contribution in [0, 0.1) is 5.92 Å². The predicted octanol–water partition coefficient (Wildman–Crippen LogP) is 3.97. The zero-order chi connectivity index (χ0) is 18.9. The minimum absolute atomic E-state index is 0.256. The van der Waals surface area contributed by atoms with Gasteiger partial charge in [0, 0.05) is 24.6 Å². The molecule has 26 heavy (non-hydrogen) atoms. The molecule has 0 unspecified atom stereocenters. The Labute approximate surface area is 154 Å². The van der Waals surface area contributed by atoms with E-state index in [1.807, 2.05) is 0 Å². The highest BCUT2D eigenvalue weighted by atomic mass is 16.5. The van der Waals surface area contributed by atoms with Crippen molar-refractivity contribution in [2.24, 2.45) is 5.92 Å². The van der Waals surface area contributed by atoms with E-state index >= 15 is 0 Å². The molecule has 0 spiro atoms. The zero-order valence-electron chi connectivity index (χ0n) is 15.4. The Hall–Kier alpha value is -2.89. The molecule has 1 aromatic carbocycles. The molecule has 0 aliphatic rings. The Kier molecular flexibility index (Phi) is 7.14. The van der Waals surface area contributed by atoms with Crippen LogP contribution in [0.3, 0.4) is 0 Å². The van der Waals surface area contributed by atoms with Gasteiger partial charge in [0.05, 0.1) is 23.4 Å². The fraction of sp³-hybridized carbons (Fsp3) is 0.350. The number of carbonyl (C=O) groups is 2.